The predicted octanol–water partition coefficient (Wildman–Crippen LogP) is 5.20. The van der Waals surface area contributed by atoms with Gasteiger partial charge in [0.25, 0.3) is 5.91 Å². The molecule has 4 aromatic rings. The molecule has 2 aromatic carbocycles. The third-order valence-electron chi connectivity index (χ3n) is 6.79. The van der Waals surface area contributed by atoms with Crippen LogP contribution in [0.5, 0.6) is 0 Å². The van der Waals surface area contributed by atoms with E-state index in [2.05, 4.69) is 48.1 Å². The summed E-state index contributed by atoms with van der Waals surface area (Å²) < 4.78 is 0. The molecule has 1 aliphatic rings. The lowest BCUT2D eigenvalue weighted by Crippen LogP contribution is -2.27. The fourth-order valence-corrected chi connectivity index (χ4v) is 4.94. The van der Waals surface area contributed by atoms with E-state index in [1.165, 1.54) is 22.3 Å². The number of hydrogen-bond donors (Lipinski definition) is 1. The number of fused-ring (bicyclic) bond motifs is 2. The molecule has 1 amide bonds. The van der Waals surface area contributed by atoms with E-state index in [1.54, 1.807) is 19.0 Å². The molecular formula is C28H30N4O. The molecule has 2 aromatic heterocycles. The highest BCUT2D eigenvalue weighted by atomic mass is 16.2. The third kappa shape index (κ3) is 3.83. The van der Waals surface area contributed by atoms with Crippen LogP contribution in [0.2, 0.25) is 0 Å². The zero-order valence-corrected chi connectivity index (χ0v) is 20.0. The summed E-state index contributed by atoms with van der Waals surface area (Å²) in [5.74, 6) is 0.0235. The highest BCUT2D eigenvalue weighted by molar-refractivity contribution is 5.99. The van der Waals surface area contributed by atoms with Gasteiger partial charge in [-0.1, -0.05) is 18.2 Å². The standard InChI is InChI=1S/C28H30N4O/c1-17-11-20(12-22-16-32(5)9-8-23(17)22)21-13-25-26(15-30-27(25)29-14-21)19-6-7-24(18(2)10-19)28(33)31(3)4/h6-7,10-15H,8-9,16H2,1-5H3,(H,29,30). The summed E-state index contributed by atoms with van der Waals surface area (Å²) in [6, 6.07) is 12.9. The Hall–Kier alpha value is -3.44. The number of aromatic amines is 1. The zero-order valence-electron chi connectivity index (χ0n) is 20.0. The van der Waals surface area contributed by atoms with Gasteiger partial charge < -0.3 is 14.8 Å². The van der Waals surface area contributed by atoms with Crippen molar-refractivity contribution in [2.24, 2.45) is 0 Å². The minimum absolute atomic E-state index is 0.0235. The van der Waals surface area contributed by atoms with Gasteiger partial charge in [-0.3, -0.25) is 4.79 Å². The minimum atomic E-state index is 0.0235. The highest BCUT2D eigenvalue weighted by Gasteiger charge is 2.18. The molecule has 0 radical (unpaired) electrons. The first-order valence-corrected chi connectivity index (χ1v) is 11.4. The Labute approximate surface area is 195 Å². The molecular weight excluding hydrogens is 408 g/mol. The number of benzene rings is 2. The number of carbonyl (C=O) groups is 1. The van der Waals surface area contributed by atoms with Crippen LogP contribution in [0.25, 0.3) is 33.3 Å². The number of likely N-dealkylation sites (N-methyl/N-ethyl adjacent to an activating group) is 1. The van der Waals surface area contributed by atoms with Crippen LogP contribution in [0.15, 0.2) is 48.8 Å². The van der Waals surface area contributed by atoms with Crippen molar-refractivity contribution in [3.05, 3.63) is 76.6 Å². The van der Waals surface area contributed by atoms with E-state index in [1.807, 2.05) is 31.5 Å². The molecule has 0 unspecified atom stereocenters. The molecule has 5 rings (SSSR count). The first-order chi connectivity index (χ1) is 15.8. The molecule has 0 bridgehead atoms. The molecule has 3 heterocycles. The molecule has 0 spiro atoms. The smallest absolute Gasteiger partial charge is 0.253 e. The van der Waals surface area contributed by atoms with Gasteiger partial charge >= 0.3 is 0 Å². The summed E-state index contributed by atoms with van der Waals surface area (Å²) in [7, 11) is 5.75. The van der Waals surface area contributed by atoms with E-state index in [4.69, 9.17) is 4.98 Å². The summed E-state index contributed by atoms with van der Waals surface area (Å²) in [5.41, 5.74) is 11.4. The van der Waals surface area contributed by atoms with E-state index in [-0.39, 0.29) is 5.91 Å². The lowest BCUT2D eigenvalue weighted by atomic mass is 9.91. The van der Waals surface area contributed by atoms with Gasteiger partial charge in [0.15, 0.2) is 0 Å². The monoisotopic (exact) mass is 438 g/mol. The molecule has 0 atom stereocenters. The average molecular weight is 439 g/mol. The molecule has 0 saturated heterocycles. The number of aromatic nitrogens is 2. The van der Waals surface area contributed by atoms with Crippen LogP contribution in [0.3, 0.4) is 0 Å². The van der Waals surface area contributed by atoms with E-state index >= 15 is 0 Å². The molecule has 0 aliphatic carbocycles. The Bertz CT molecular complexity index is 1380. The lowest BCUT2D eigenvalue weighted by molar-refractivity contribution is 0.0827. The van der Waals surface area contributed by atoms with Crippen molar-refractivity contribution in [3.8, 4) is 22.3 Å². The number of nitrogens with one attached hydrogen (secondary N) is 1. The molecule has 168 valence electrons. The van der Waals surface area contributed by atoms with Gasteiger partial charge in [-0.15, -0.1) is 0 Å². The predicted molar refractivity (Wildman–Crippen MR) is 134 cm³/mol. The number of nitrogens with zero attached hydrogens (tertiary/aromatic N) is 3. The zero-order chi connectivity index (χ0) is 23.3. The van der Waals surface area contributed by atoms with Gasteiger partial charge in [-0.05, 0) is 78.9 Å². The molecule has 1 N–H and O–H groups in total. The summed E-state index contributed by atoms with van der Waals surface area (Å²) in [6.07, 6.45) is 5.08. The Kier molecular flexibility index (Phi) is 5.29. The topological polar surface area (TPSA) is 52.2 Å². The number of pyridine rings is 1. The molecule has 5 nitrogen and oxygen atoms in total. The van der Waals surface area contributed by atoms with Crippen LogP contribution in [0.1, 0.15) is 32.6 Å². The van der Waals surface area contributed by atoms with Crippen molar-refractivity contribution in [3.63, 3.8) is 0 Å². The second-order valence-corrected chi connectivity index (χ2v) is 9.47. The summed E-state index contributed by atoms with van der Waals surface area (Å²) in [4.78, 5) is 24.5. The van der Waals surface area contributed by atoms with E-state index in [9.17, 15) is 4.79 Å². The van der Waals surface area contributed by atoms with Gasteiger partial charge in [-0.2, -0.15) is 0 Å². The van der Waals surface area contributed by atoms with Gasteiger partial charge in [0.2, 0.25) is 0 Å². The Morgan fingerprint density at radius 1 is 1.03 bits per heavy atom. The minimum Gasteiger partial charge on any atom is -0.346 e. The maximum atomic E-state index is 12.4. The van der Waals surface area contributed by atoms with Crippen LogP contribution in [0.4, 0.5) is 0 Å². The maximum absolute atomic E-state index is 12.4. The first-order valence-electron chi connectivity index (χ1n) is 11.4. The number of H-pyrrole nitrogens is 1. The largest absolute Gasteiger partial charge is 0.346 e. The molecule has 0 saturated carbocycles. The third-order valence-corrected chi connectivity index (χ3v) is 6.79. The quantitative estimate of drug-likeness (QED) is 0.478. The number of carbonyl (C=O) groups excluding carboxylic acids is 1. The highest BCUT2D eigenvalue weighted by Crippen LogP contribution is 2.34. The summed E-state index contributed by atoms with van der Waals surface area (Å²) in [6.45, 7) is 6.32. The van der Waals surface area contributed by atoms with Crippen molar-refractivity contribution < 1.29 is 4.79 Å². The Morgan fingerprint density at radius 3 is 2.58 bits per heavy atom. The average Bonchev–Trinajstić information content (AvgIpc) is 3.21. The Morgan fingerprint density at radius 2 is 1.82 bits per heavy atom. The molecule has 33 heavy (non-hydrogen) atoms. The fourth-order valence-electron chi connectivity index (χ4n) is 4.94. The fraction of sp³-hybridized carbons (Fsp3) is 0.286. The molecule has 0 fully saturated rings. The van der Waals surface area contributed by atoms with Gasteiger partial charge in [-0.25, -0.2) is 4.98 Å². The van der Waals surface area contributed by atoms with Crippen molar-refractivity contribution in [1.29, 1.82) is 0 Å². The van der Waals surface area contributed by atoms with Crippen molar-refractivity contribution in [1.82, 2.24) is 19.8 Å². The van der Waals surface area contributed by atoms with Crippen molar-refractivity contribution in [2.45, 2.75) is 26.8 Å². The van der Waals surface area contributed by atoms with Crippen LogP contribution in [-0.4, -0.2) is 53.4 Å². The second kappa shape index (κ2) is 8.16. The van der Waals surface area contributed by atoms with E-state index < -0.39 is 0 Å². The van der Waals surface area contributed by atoms with Gasteiger partial charge in [0, 0.05) is 61.7 Å². The normalized spacial score (nSPS) is 13.8. The lowest BCUT2D eigenvalue weighted by Gasteiger charge is -2.27. The maximum Gasteiger partial charge on any atom is 0.253 e. The van der Waals surface area contributed by atoms with Crippen LogP contribution in [-0.2, 0) is 13.0 Å². The van der Waals surface area contributed by atoms with Crippen LogP contribution >= 0.6 is 0 Å². The Balaban J connectivity index is 1.57. The van der Waals surface area contributed by atoms with Crippen molar-refractivity contribution >= 4 is 16.9 Å². The van der Waals surface area contributed by atoms with Gasteiger partial charge in [0.05, 0.1) is 0 Å². The number of rotatable bonds is 3. The van der Waals surface area contributed by atoms with Crippen LogP contribution in [0, 0.1) is 13.8 Å². The summed E-state index contributed by atoms with van der Waals surface area (Å²) >= 11 is 0. The van der Waals surface area contributed by atoms with Gasteiger partial charge in [0.1, 0.15) is 5.65 Å². The second-order valence-electron chi connectivity index (χ2n) is 9.47. The number of aryl methyl sites for hydroxylation is 2. The van der Waals surface area contributed by atoms with Crippen LogP contribution < -0.4 is 0 Å². The first kappa shape index (κ1) is 21.4. The number of amides is 1. The van der Waals surface area contributed by atoms with E-state index in [0.29, 0.717) is 0 Å². The SMILES string of the molecule is Cc1cc(-c2c[nH]c3ncc(-c4cc(C)c5c(c4)CN(C)CC5)cc23)ccc1C(=O)N(C)C. The summed E-state index contributed by atoms with van der Waals surface area (Å²) in [5, 5.41) is 1.09. The van der Waals surface area contributed by atoms with Crippen molar-refractivity contribution in [2.75, 3.05) is 27.7 Å². The molecule has 1 aliphatic heterocycles. The number of hydrogen-bond acceptors (Lipinski definition) is 3. The molecule has 5 heteroatoms. The van der Waals surface area contributed by atoms with E-state index in [0.717, 1.165) is 58.4 Å².